The highest BCUT2D eigenvalue weighted by atomic mass is 79.9. The number of benzene rings is 2. The fourth-order valence-electron chi connectivity index (χ4n) is 2.97. The molecule has 5 heteroatoms. The Labute approximate surface area is 157 Å². The van der Waals surface area contributed by atoms with E-state index in [1.165, 1.54) is 0 Å². The molecule has 0 amide bonds. The Morgan fingerprint density at radius 2 is 2.08 bits per heavy atom. The molecule has 1 fully saturated rings. The summed E-state index contributed by atoms with van der Waals surface area (Å²) in [5.41, 5.74) is 2.20. The van der Waals surface area contributed by atoms with Crippen LogP contribution in [-0.4, -0.2) is 26.4 Å². The van der Waals surface area contributed by atoms with E-state index in [-0.39, 0.29) is 0 Å². The first-order valence-corrected chi connectivity index (χ1v) is 9.41. The largest absolute Gasteiger partial charge is 0.493 e. The van der Waals surface area contributed by atoms with E-state index in [2.05, 4.69) is 39.4 Å². The minimum Gasteiger partial charge on any atom is -0.493 e. The third-order valence-electron chi connectivity index (χ3n) is 4.25. The van der Waals surface area contributed by atoms with Crippen LogP contribution in [0.25, 0.3) is 0 Å². The van der Waals surface area contributed by atoms with Crippen LogP contribution in [0.1, 0.15) is 24.0 Å². The molecule has 0 saturated carbocycles. The monoisotopic (exact) mass is 405 g/mol. The van der Waals surface area contributed by atoms with Gasteiger partial charge in [-0.25, -0.2) is 0 Å². The molecule has 1 atom stereocenters. The van der Waals surface area contributed by atoms with E-state index in [0.29, 0.717) is 19.3 Å². The van der Waals surface area contributed by atoms with Crippen LogP contribution in [-0.2, 0) is 17.9 Å². The molecule has 4 nitrogen and oxygen atoms in total. The van der Waals surface area contributed by atoms with Gasteiger partial charge in [-0.05, 0) is 30.5 Å². The predicted octanol–water partition coefficient (Wildman–Crippen LogP) is 4.31. The van der Waals surface area contributed by atoms with E-state index in [1.807, 2.05) is 24.3 Å². The molecule has 2 aromatic carbocycles. The van der Waals surface area contributed by atoms with Gasteiger partial charge in [-0.3, -0.25) is 0 Å². The number of hydrogen-bond donors (Lipinski definition) is 1. The molecule has 2 aromatic rings. The van der Waals surface area contributed by atoms with E-state index < -0.39 is 0 Å². The van der Waals surface area contributed by atoms with Crippen molar-refractivity contribution in [3.8, 4) is 11.5 Å². The second kappa shape index (κ2) is 9.22. The van der Waals surface area contributed by atoms with Crippen molar-refractivity contribution in [1.82, 2.24) is 5.32 Å². The van der Waals surface area contributed by atoms with E-state index in [9.17, 15) is 0 Å². The molecule has 1 heterocycles. The highest BCUT2D eigenvalue weighted by molar-refractivity contribution is 9.10. The summed E-state index contributed by atoms with van der Waals surface area (Å²) in [5.74, 6) is 1.52. The van der Waals surface area contributed by atoms with Gasteiger partial charge in [0.05, 0.1) is 13.2 Å². The van der Waals surface area contributed by atoms with Crippen molar-refractivity contribution in [2.24, 2.45) is 0 Å². The lowest BCUT2D eigenvalue weighted by molar-refractivity contribution is 0.110. The third kappa shape index (κ3) is 5.21. The number of rotatable bonds is 8. The molecule has 3 rings (SSSR count). The molecule has 1 unspecified atom stereocenters. The van der Waals surface area contributed by atoms with Crippen LogP contribution in [0.2, 0.25) is 0 Å². The van der Waals surface area contributed by atoms with Crippen molar-refractivity contribution in [2.75, 3.05) is 20.3 Å². The van der Waals surface area contributed by atoms with Crippen LogP contribution in [0, 0.1) is 0 Å². The molecule has 0 bridgehead atoms. The van der Waals surface area contributed by atoms with Crippen molar-refractivity contribution in [1.29, 1.82) is 0 Å². The lowest BCUT2D eigenvalue weighted by atomic mass is 10.1. The van der Waals surface area contributed by atoms with Gasteiger partial charge in [0.1, 0.15) is 6.61 Å². The topological polar surface area (TPSA) is 39.7 Å². The first-order chi connectivity index (χ1) is 12.3. The van der Waals surface area contributed by atoms with Crippen LogP contribution in [0.3, 0.4) is 0 Å². The molecule has 1 saturated heterocycles. The van der Waals surface area contributed by atoms with Crippen LogP contribution in [0.4, 0.5) is 0 Å². The molecular weight excluding hydrogens is 382 g/mol. The summed E-state index contributed by atoms with van der Waals surface area (Å²) in [4.78, 5) is 0. The summed E-state index contributed by atoms with van der Waals surface area (Å²) >= 11 is 3.55. The summed E-state index contributed by atoms with van der Waals surface area (Å²) < 4.78 is 18.3. The maximum absolute atomic E-state index is 6.11. The van der Waals surface area contributed by atoms with Crippen molar-refractivity contribution >= 4 is 15.9 Å². The van der Waals surface area contributed by atoms with E-state index in [4.69, 9.17) is 14.2 Å². The zero-order chi connectivity index (χ0) is 17.5. The van der Waals surface area contributed by atoms with Crippen molar-refractivity contribution in [2.45, 2.75) is 32.1 Å². The Balaban J connectivity index is 1.69. The van der Waals surface area contributed by atoms with Gasteiger partial charge in [0.2, 0.25) is 0 Å². The normalized spacial score (nSPS) is 16.8. The van der Waals surface area contributed by atoms with Gasteiger partial charge in [-0.1, -0.05) is 46.3 Å². The molecule has 0 spiro atoms. The van der Waals surface area contributed by atoms with Crippen molar-refractivity contribution < 1.29 is 14.2 Å². The maximum Gasteiger partial charge on any atom is 0.166 e. The SMILES string of the molecule is COc1cc(Br)cc(CNCC2CCCO2)c1OCc1ccccc1. The Bertz CT molecular complexity index is 672. The maximum atomic E-state index is 6.11. The Morgan fingerprint density at radius 3 is 2.80 bits per heavy atom. The average Bonchev–Trinajstić information content (AvgIpc) is 3.14. The number of nitrogens with one attached hydrogen (secondary N) is 1. The van der Waals surface area contributed by atoms with Gasteiger partial charge in [0.15, 0.2) is 11.5 Å². The second-order valence-corrected chi connectivity index (χ2v) is 7.05. The van der Waals surface area contributed by atoms with Crippen molar-refractivity contribution in [3.63, 3.8) is 0 Å². The lowest BCUT2D eigenvalue weighted by Gasteiger charge is -2.17. The molecule has 1 aliphatic heterocycles. The molecule has 0 aliphatic carbocycles. The fraction of sp³-hybridized carbons (Fsp3) is 0.400. The highest BCUT2D eigenvalue weighted by Crippen LogP contribution is 2.35. The van der Waals surface area contributed by atoms with Gasteiger partial charge in [0, 0.05) is 29.7 Å². The highest BCUT2D eigenvalue weighted by Gasteiger charge is 2.17. The standard InChI is InChI=1S/C20H24BrNO3/c1-23-19-11-17(21)10-16(12-22-13-18-8-5-9-24-18)20(19)25-14-15-6-3-2-4-7-15/h2-4,6-7,10-11,18,22H,5,8-9,12-14H2,1H3. The van der Waals surface area contributed by atoms with Gasteiger partial charge in [-0.2, -0.15) is 0 Å². The predicted molar refractivity (Wildman–Crippen MR) is 102 cm³/mol. The average molecular weight is 406 g/mol. The Morgan fingerprint density at radius 1 is 1.24 bits per heavy atom. The number of ether oxygens (including phenoxy) is 3. The minimum absolute atomic E-state index is 0.322. The molecule has 1 N–H and O–H groups in total. The smallest absolute Gasteiger partial charge is 0.166 e. The fourth-order valence-corrected chi connectivity index (χ4v) is 3.46. The summed E-state index contributed by atoms with van der Waals surface area (Å²) in [7, 11) is 1.67. The molecule has 1 aliphatic rings. The van der Waals surface area contributed by atoms with Gasteiger partial charge in [-0.15, -0.1) is 0 Å². The van der Waals surface area contributed by atoms with Gasteiger partial charge in [0.25, 0.3) is 0 Å². The van der Waals surface area contributed by atoms with E-state index in [1.54, 1.807) is 7.11 Å². The number of methoxy groups -OCH3 is 1. The number of halogens is 1. The summed E-state index contributed by atoms with van der Waals surface area (Å²) in [6.45, 7) is 2.95. The zero-order valence-corrected chi connectivity index (χ0v) is 16.1. The molecule has 0 radical (unpaired) electrons. The first-order valence-electron chi connectivity index (χ1n) is 8.61. The molecular formula is C20H24BrNO3. The second-order valence-electron chi connectivity index (χ2n) is 6.14. The number of hydrogen-bond acceptors (Lipinski definition) is 4. The van der Waals surface area contributed by atoms with Crippen LogP contribution in [0.15, 0.2) is 46.9 Å². The van der Waals surface area contributed by atoms with Gasteiger partial charge < -0.3 is 19.5 Å². The molecule has 134 valence electrons. The van der Waals surface area contributed by atoms with Crippen molar-refractivity contribution in [3.05, 3.63) is 58.1 Å². The van der Waals surface area contributed by atoms with Gasteiger partial charge >= 0.3 is 0 Å². The van der Waals surface area contributed by atoms with E-state index in [0.717, 1.165) is 53.1 Å². The van der Waals surface area contributed by atoms with Crippen LogP contribution < -0.4 is 14.8 Å². The third-order valence-corrected chi connectivity index (χ3v) is 4.71. The summed E-state index contributed by atoms with van der Waals surface area (Å²) in [6.07, 6.45) is 2.61. The zero-order valence-electron chi connectivity index (χ0n) is 14.5. The quantitative estimate of drug-likeness (QED) is 0.710. The van der Waals surface area contributed by atoms with E-state index >= 15 is 0 Å². The molecule has 0 aromatic heterocycles. The minimum atomic E-state index is 0.322. The van der Waals surface area contributed by atoms with Crippen LogP contribution in [0.5, 0.6) is 11.5 Å². The Hall–Kier alpha value is -1.56. The summed E-state index contributed by atoms with van der Waals surface area (Å²) in [6, 6.07) is 14.2. The molecule has 25 heavy (non-hydrogen) atoms. The first kappa shape index (κ1) is 18.2. The lowest BCUT2D eigenvalue weighted by Crippen LogP contribution is -2.26. The summed E-state index contributed by atoms with van der Waals surface area (Å²) in [5, 5.41) is 3.48. The van der Waals surface area contributed by atoms with Crippen LogP contribution >= 0.6 is 15.9 Å². The Kier molecular flexibility index (Phi) is 6.73.